The normalized spacial score (nSPS) is 21.2. The molecule has 1 aromatic carbocycles. The van der Waals surface area contributed by atoms with E-state index in [1.807, 2.05) is 0 Å². The lowest BCUT2D eigenvalue weighted by molar-refractivity contribution is 0.414. The highest BCUT2D eigenvalue weighted by Gasteiger charge is 2.36. The molecular weight excluding hydrogens is 292 g/mol. The van der Waals surface area contributed by atoms with Crippen LogP contribution in [0, 0.1) is 28.0 Å². The Balaban J connectivity index is 2.15. The summed E-state index contributed by atoms with van der Waals surface area (Å²) in [5, 5.41) is 0. The van der Waals surface area contributed by atoms with Gasteiger partial charge in [0.25, 0.3) is 0 Å². The van der Waals surface area contributed by atoms with E-state index in [1.54, 1.807) is 17.7 Å². The summed E-state index contributed by atoms with van der Waals surface area (Å²) in [6.07, 6.45) is 1.65. The Bertz CT molecular complexity index is 723. The first-order chi connectivity index (χ1) is 9.41. The molecule has 0 bridgehead atoms. The van der Waals surface area contributed by atoms with Crippen molar-refractivity contribution in [1.29, 1.82) is 0 Å². The molecule has 20 heavy (non-hydrogen) atoms. The van der Waals surface area contributed by atoms with Gasteiger partial charge in [-0.05, 0) is 12.2 Å². The van der Waals surface area contributed by atoms with E-state index in [-0.39, 0.29) is 18.5 Å². The minimum absolute atomic E-state index is 0.190. The molecule has 0 unspecified atom stereocenters. The molecule has 1 aliphatic heterocycles. The average molecular weight is 302 g/mol. The molecule has 2 aromatic rings. The fourth-order valence-corrected chi connectivity index (χ4v) is 3.03. The van der Waals surface area contributed by atoms with Crippen molar-refractivity contribution in [2.24, 2.45) is 0 Å². The molecule has 0 aliphatic carbocycles. The van der Waals surface area contributed by atoms with E-state index in [0.717, 1.165) is 5.69 Å². The molecule has 0 saturated heterocycles. The molecule has 1 aliphatic rings. The first-order valence-corrected chi connectivity index (χ1v) is 6.43. The molecule has 1 aromatic heterocycles. The van der Waals surface area contributed by atoms with E-state index >= 15 is 0 Å². The minimum Gasteiger partial charge on any atom is -0.337 e. The predicted octanol–water partition coefficient (Wildman–Crippen LogP) is 4.00. The summed E-state index contributed by atoms with van der Waals surface area (Å²) < 4.78 is 56.5. The maximum atomic E-state index is 13.9. The lowest BCUT2D eigenvalue weighted by atomic mass is 9.87. The van der Waals surface area contributed by atoms with Gasteiger partial charge < -0.3 is 9.55 Å². The zero-order valence-corrected chi connectivity index (χ0v) is 11.2. The highest BCUT2D eigenvalue weighted by Crippen LogP contribution is 2.42. The number of imidazole rings is 1. The molecular formula is C13H10F4N2S. The number of hydrogen-bond acceptors (Lipinski definition) is 1. The number of nitrogens with zero attached hydrogens (tertiary/aromatic N) is 1. The molecule has 0 radical (unpaired) electrons. The van der Waals surface area contributed by atoms with Crippen LogP contribution < -0.4 is 0 Å². The van der Waals surface area contributed by atoms with Crippen LogP contribution in [0.3, 0.4) is 0 Å². The average Bonchev–Trinajstić information content (AvgIpc) is 2.91. The van der Waals surface area contributed by atoms with Gasteiger partial charge in [0, 0.05) is 41.9 Å². The van der Waals surface area contributed by atoms with Gasteiger partial charge in [-0.1, -0.05) is 6.92 Å². The maximum Gasteiger partial charge on any atom is 0.177 e. The molecule has 2 heterocycles. The van der Waals surface area contributed by atoms with Gasteiger partial charge in [-0.15, -0.1) is 0 Å². The van der Waals surface area contributed by atoms with Crippen molar-refractivity contribution in [2.45, 2.75) is 25.3 Å². The van der Waals surface area contributed by atoms with Gasteiger partial charge in [0.2, 0.25) is 0 Å². The van der Waals surface area contributed by atoms with Gasteiger partial charge in [-0.2, -0.15) is 0 Å². The number of benzene rings is 1. The van der Waals surface area contributed by atoms with Crippen LogP contribution in [0.1, 0.15) is 30.0 Å². The Morgan fingerprint density at radius 2 is 1.80 bits per heavy atom. The smallest absolute Gasteiger partial charge is 0.177 e. The molecule has 2 atom stereocenters. The van der Waals surface area contributed by atoms with Crippen molar-refractivity contribution >= 4 is 12.2 Å². The van der Waals surface area contributed by atoms with Crippen LogP contribution in [0.5, 0.6) is 0 Å². The minimum atomic E-state index is -1.38. The second kappa shape index (κ2) is 4.44. The predicted molar refractivity (Wildman–Crippen MR) is 67.0 cm³/mol. The van der Waals surface area contributed by atoms with Gasteiger partial charge in [-0.3, -0.25) is 0 Å². The summed E-state index contributed by atoms with van der Waals surface area (Å²) in [7, 11) is 0. The van der Waals surface area contributed by atoms with Crippen molar-refractivity contribution in [2.75, 3.05) is 0 Å². The molecule has 106 valence electrons. The van der Waals surface area contributed by atoms with Gasteiger partial charge in [0.1, 0.15) is 0 Å². The number of fused-ring (bicyclic) bond motifs is 1. The summed E-state index contributed by atoms with van der Waals surface area (Å²) in [5.74, 6) is -6.41. The fourth-order valence-electron chi connectivity index (χ4n) is 2.79. The lowest BCUT2D eigenvalue weighted by Crippen LogP contribution is -2.12. The van der Waals surface area contributed by atoms with Crippen molar-refractivity contribution < 1.29 is 17.6 Å². The lowest BCUT2D eigenvalue weighted by Gasteiger charge is -2.17. The number of aromatic nitrogens is 2. The Hall–Kier alpha value is -1.63. The summed E-state index contributed by atoms with van der Waals surface area (Å²) in [6.45, 7) is 1.93. The van der Waals surface area contributed by atoms with Gasteiger partial charge in [0.05, 0.1) is 0 Å². The summed E-state index contributed by atoms with van der Waals surface area (Å²) in [6, 6.07) is 0.223. The second-order valence-corrected chi connectivity index (χ2v) is 5.29. The van der Waals surface area contributed by atoms with Gasteiger partial charge >= 0.3 is 0 Å². The standard InChI is InChI=1S/C13H10F4N2S/c1-5-6(4-19-9(5)3-18-13(19)20)10-11(16)7(14)2-8(15)12(10)17/h2-3,5-6H,4H2,1H3,(H,18,20)/t5-,6+/m0/s1. The first kappa shape index (κ1) is 13.4. The summed E-state index contributed by atoms with van der Waals surface area (Å²) in [4.78, 5) is 2.84. The van der Waals surface area contributed by atoms with Crippen LogP contribution in [0.4, 0.5) is 17.6 Å². The molecule has 0 saturated carbocycles. The Labute approximate surface area is 117 Å². The van der Waals surface area contributed by atoms with Crippen LogP contribution in [-0.4, -0.2) is 9.55 Å². The highest BCUT2D eigenvalue weighted by molar-refractivity contribution is 7.71. The van der Waals surface area contributed by atoms with E-state index in [0.29, 0.717) is 4.77 Å². The largest absolute Gasteiger partial charge is 0.337 e. The topological polar surface area (TPSA) is 20.7 Å². The van der Waals surface area contributed by atoms with Crippen LogP contribution in [0.15, 0.2) is 12.3 Å². The molecule has 0 fully saturated rings. The Kier molecular flexibility index (Phi) is 2.97. The van der Waals surface area contributed by atoms with Crippen molar-refractivity contribution in [3.63, 3.8) is 0 Å². The van der Waals surface area contributed by atoms with E-state index in [1.165, 1.54) is 0 Å². The van der Waals surface area contributed by atoms with E-state index in [2.05, 4.69) is 4.98 Å². The molecule has 0 amide bonds. The Morgan fingerprint density at radius 1 is 1.20 bits per heavy atom. The van der Waals surface area contributed by atoms with Crippen molar-refractivity contribution in [3.8, 4) is 0 Å². The SMILES string of the molecule is C[C@@H]1c2c[nH]c(=S)n2C[C@H]1c1c(F)c(F)cc(F)c1F. The van der Waals surface area contributed by atoms with Crippen molar-refractivity contribution in [3.05, 3.63) is 51.6 Å². The number of H-pyrrole nitrogens is 1. The van der Waals surface area contributed by atoms with E-state index < -0.39 is 34.8 Å². The van der Waals surface area contributed by atoms with E-state index in [9.17, 15) is 17.6 Å². The van der Waals surface area contributed by atoms with Gasteiger partial charge in [-0.25, -0.2) is 17.6 Å². The van der Waals surface area contributed by atoms with Crippen molar-refractivity contribution in [1.82, 2.24) is 9.55 Å². The maximum absolute atomic E-state index is 13.9. The summed E-state index contributed by atoms with van der Waals surface area (Å²) in [5.41, 5.74) is 0.219. The molecule has 2 nitrogen and oxygen atoms in total. The van der Waals surface area contributed by atoms with Crippen LogP contribution in [0.25, 0.3) is 0 Å². The zero-order chi connectivity index (χ0) is 14.6. The number of hydrogen-bond donors (Lipinski definition) is 1. The molecule has 7 heteroatoms. The fraction of sp³-hybridized carbons (Fsp3) is 0.308. The third kappa shape index (κ3) is 1.72. The quantitative estimate of drug-likeness (QED) is 0.480. The summed E-state index contributed by atoms with van der Waals surface area (Å²) >= 11 is 5.06. The highest BCUT2D eigenvalue weighted by atomic mass is 32.1. The van der Waals surface area contributed by atoms with Gasteiger partial charge in [0.15, 0.2) is 28.0 Å². The van der Waals surface area contributed by atoms with Crippen LogP contribution >= 0.6 is 12.2 Å². The molecule has 3 rings (SSSR count). The number of rotatable bonds is 1. The third-order valence-corrected chi connectivity index (χ3v) is 4.20. The number of aromatic amines is 1. The Morgan fingerprint density at radius 3 is 2.35 bits per heavy atom. The zero-order valence-electron chi connectivity index (χ0n) is 10.4. The molecule has 0 spiro atoms. The number of halogens is 4. The molecule has 1 N–H and O–H groups in total. The third-order valence-electron chi connectivity index (χ3n) is 3.87. The number of nitrogens with one attached hydrogen (secondary N) is 1. The first-order valence-electron chi connectivity index (χ1n) is 6.02. The van der Waals surface area contributed by atoms with Crippen LogP contribution in [-0.2, 0) is 6.54 Å². The van der Waals surface area contributed by atoms with E-state index in [4.69, 9.17) is 12.2 Å². The van der Waals surface area contributed by atoms with Crippen LogP contribution in [0.2, 0.25) is 0 Å². The second-order valence-electron chi connectivity index (χ2n) is 4.91. The monoisotopic (exact) mass is 302 g/mol.